The number of hydrogen-bond donors (Lipinski definition) is 1. The van der Waals surface area contributed by atoms with Gasteiger partial charge in [0, 0.05) is 29.6 Å². The van der Waals surface area contributed by atoms with Gasteiger partial charge in [-0.25, -0.2) is 19.3 Å². The number of pyridine rings is 2. The highest BCUT2D eigenvalue weighted by atomic mass is 19.1. The molecular formula is C24H18FN5O. The first kappa shape index (κ1) is 19.0. The molecule has 1 aromatic carbocycles. The molecule has 0 saturated heterocycles. The molecule has 5 rings (SSSR count). The Balaban J connectivity index is 1.62. The zero-order valence-electron chi connectivity index (χ0n) is 16.7. The van der Waals surface area contributed by atoms with Crippen molar-refractivity contribution in [3.8, 4) is 11.4 Å². The summed E-state index contributed by atoms with van der Waals surface area (Å²) in [5.41, 5.74) is 3.94. The third-order valence-electron chi connectivity index (χ3n) is 5.29. The van der Waals surface area contributed by atoms with E-state index in [2.05, 4.69) is 20.3 Å². The molecular weight excluding hydrogens is 393 g/mol. The number of nitrogens with zero attached hydrogens (tertiary/aromatic N) is 4. The van der Waals surface area contributed by atoms with E-state index in [1.165, 1.54) is 18.5 Å². The molecule has 0 aliphatic heterocycles. The largest absolute Gasteiger partial charge is 0.363 e. The standard InChI is InChI=1S/C24H18FN5O/c1-14(29-24-22-18(27-13-28-24)6-4-7-21(22)31)17-11-15-8-9-16(25)12-20(15)30-23(17)19-5-2-3-10-26-19/h2-5,7-14H,6H2,1H3,(H,27,28,29)/t14-/m0/s1. The Kier molecular flexibility index (Phi) is 4.71. The molecule has 6 nitrogen and oxygen atoms in total. The number of carbonyl (C=O) groups is 1. The molecule has 1 aliphatic carbocycles. The van der Waals surface area contributed by atoms with Gasteiger partial charge in [-0.3, -0.25) is 9.78 Å². The first-order valence-corrected chi connectivity index (χ1v) is 9.93. The molecule has 0 bridgehead atoms. The molecule has 0 radical (unpaired) electrons. The van der Waals surface area contributed by atoms with Gasteiger partial charge in [0.1, 0.15) is 18.0 Å². The van der Waals surface area contributed by atoms with Crippen molar-refractivity contribution in [3.63, 3.8) is 0 Å². The molecule has 0 fully saturated rings. The number of nitrogens with one attached hydrogen (secondary N) is 1. The second-order valence-electron chi connectivity index (χ2n) is 7.36. The lowest BCUT2D eigenvalue weighted by atomic mass is 9.99. The van der Waals surface area contributed by atoms with Crippen molar-refractivity contribution < 1.29 is 9.18 Å². The van der Waals surface area contributed by atoms with E-state index in [-0.39, 0.29) is 17.6 Å². The number of hydrogen-bond acceptors (Lipinski definition) is 6. The molecule has 152 valence electrons. The maximum absolute atomic E-state index is 13.8. The predicted octanol–water partition coefficient (Wildman–Crippen LogP) is 4.69. The zero-order valence-corrected chi connectivity index (χ0v) is 16.7. The zero-order chi connectivity index (χ0) is 21.4. The van der Waals surface area contributed by atoms with Crippen LogP contribution in [-0.2, 0) is 6.42 Å². The average Bonchev–Trinajstić information content (AvgIpc) is 2.79. The Bertz CT molecular complexity index is 1340. The fourth-order valence-corrected chi connectivity index (χ4v) is 3.78. The molecule has 1 atom stereocenters. The SMILES string of the molecule is C[C@H](Nc1ncnc2c1C(=O)C=CC2)c1cc2ccc(F)cc2nc1-c1ccccn1. The topological polar surface area (TPSA) is 80.7 Å². The molecule has 0 spiro atoms. The van der Waals surface area contributed by atoms with Crippen molar-refractivity contribution in [2.24, 2.45) is 0 Å². The Morgan fingerprint density at radius 1 is 1.10 bits per heavy atom. The fourth-order valence-electron chi connectivity index (χ4n) is 3.78. The highest BCUT2D eigenvalue weighted by molar-refractivity contribution is 6.09. The van der Waals surface area contributed by atoms with Gasteiger partial charge in [0.05, 0.1) is 34.2 Å². The summed E-state index contributed by atoms with van der Waals surface area (Å²) in [5.74, 6) is 0.0247. The number of rotatable bonds is 4. The van der Waals surface area contributed by atoms with Crippen LogP contribution in [0.15, 0.2) is 67.1 Å². The van der Waals surface area contributed by atoms with Gasteiger partial charge in [0.25, 0.3) is 0 Å². The summed E-state index contributed by atoms with van der Waals surface area (Å²) in [5, 5.41) is 4.17. The van der Waals surface area contributed by atoms with Crippen molar-refractivity contribution in [2.45, 2.75) is 19.4 Å². The molecule has 0 unspecified atom stereocenters. The molecule has 0 amide bonds. The van der Waals surface area contributed by atoms with Gasteiger partial charge in [-0.05, 0) is 43.3 Å². The highest BCUT2D eigenvalue weighted by Gasteiger charge is 2.23. The fraction of sp³-hybridized carbons (Fsp3) is 0.125. The van der Waals surface area contributed by atoms with E-state index in [0.717, 1.165) is 10.9 Å². The van der Waals surface area contributed by atoms with E-state index >= 15 is 0 Å². The van der Waals surface area contributed by atoms with E-state index in [1.807, 2.05) is 31.2 Å². The van der Waals surface area contributed by atoms with Gasteiger partial charge in [-0.1, -0.05) is 12.1 Å². The Hall–Kier alpha value is -4.00. The molecule has 0 saturated carbocycles. The smallest absolute Gasteiger partial charge is 0.191 e. The first-order chi connectivity index (χ1) is 15.1. The van der Waals surface area contributed by atoms with Crippen LogP contribution < -0.4 is 5.32 Å². The average molecular weight is 411 g/mol. The number of aromatic nitrogens is 4. The van der Waals surface area contributed by atoms with Crippen LogP contribution in [0.25, 0.3) is 22.3 Å². The monoisotopic (exact) mass is 411 g/mol. The second kappa shape index (κ2) is 7.68. The first-order valence-electron chi connectivity index (χ1n) is 9.93. The minimum atomic E-state index is -0.343. The van der Waals surface area contributed by atoms with Crippen LogP contribution in [0.2, 0.25) is 0 Å². The molecule has 4 aromatic rings. The predicted molar refractivity (Wildman–Crippen MR) is 116 cm³/mol. The summed E-state index contributed by atoms with van der Waals surface area (Å²) in [6, 6.07) is 11.8. The van der Waals surface area contributed by atoms with Crippen LogP contribution >= 0.6 is 0 Å². The number of ketones is 1. The molecule has 1 aliphatic rings. The van der Waals surface area contributed by atoms with Crippen molar-refractivity contribution >= 4 is 22.5 Å². The van der Waals surface area contributed by atoms with Gasteiger partial charge < -0.3 is 5.32 Å². The summed E-state index contributed by atoms with van der Waals surface area (Å²) >= 11 is 0. The second-order valence-corrected chi connectivity index (χ2v) is 7.36. The van der Waals surface area contributed by atoms with Crippen molar-refractivity contribution in [1.82, 2.24) is 19.9 Å². The van der Waals surface area contributed by atoms with E-state index in [1.54, 1.807) is 24.4 Å². The lowest BCUT2D eigenvalue weighted by Gasteiger charge is -2.21. The summed E-state index contributed by atoms with van der Waals surface area (Å²) in [6.45, 7) is 1.97. The van der Waals surface area contributed by atoms with Gasteiger partial charge in [-0.2, -0.15) is 0 Å². The normalized spacial score (nSPS) is 13.8. The quantitative estimate of drug-likeness (QED) is 0.525. The molecule has 3 aromatic heterocycles. The van der Waals surface area contributed by atoms with Crippen LogP contribution in [-0.4, -0.2) is 25.7 Å². The minimum absolute atomic E-state index is 0.117. The lowest BCUT2D eigenvalue weighted by molar-refractivity contribution is 0.104. The number of fused-ring (bicyclic) bond motifs is 2. The van der Waals surface area contributed by atoms with Gasteiger partial charge in [0.2, 0.25) is 0 Å². The molecule has 7 heteroatoms. The highest BCUT2D eigenvalue weighted by Crippen LogP contribution is 2.32. The Morgan fingerprint density at radius 3 is 2.84 bits per heavy atom. The van der Waals surface area contributed by atoms with Crippen molar-refractivity contribution in [3.05, 3.63) is 89.8 Å². The Morgan fingerprint density at radius 2 is 2.00 bits per heavy atom. The number of anilines is 1. The number of halogens is 1. The van der Waals surface area contributed by atoms with Crippen LogP contribution in [0.3, 0.4) is 0 Å². The number of benzene rings is 1. The maximum atomic E-state index is 13.8. The summed E-state index contributed by atoms with van der Waals surface area (Å²) in [6.07, 6.45) is 7.10. The van der Waals surface area contributed by atoms with E-state index in [4.69, 9.17) is 4.98 Å². The van der Waals surface area contributed by atoms with E-state index in [0.29, 0.717) is 40.4 Å². The third kappa shape index (κ3) is 3.54. The maximum Gasteiger partial charge on any atom is 0.191 e. The van der Waals surface area contributed by atoms with Gasteiger partial charge >= 0.3 is 0 Å². The molecule has 3 heterocycles. The molecule has 31 heavy (non-hydrogen) atoms. The number of allylic oxidation sites excluding steroid dienone is 2. The van der Waals surface area contributed by atoms with Crippen LogP contribution in [0.4, 0.5) is 10.2 Å². The van der Waals surface area contributed by atoms with Crippen molar-refractivity contribution in [1.29, 1.82) is 0 Å². The third-order valence-corrected chi connectivity index (χ3v) is 5.29. The summed E-state index contributed by atoms with van der Waals surface area (Å²) in [4.78, 5) is 30.2. The van der Waals surface area contributed by atoms with Gasteiger partial charge in [0.15, 0.2) is 5.78 Å². The summed E-state index contributed by atoms with van der Waals surface area (Å²) < 4.78 is 13.8. The van der Waals surface area contributed by atoms with Gasteiger partial charge in [-0.15, -0.1) is 0 Å². The number of carbonyl (C=O) groups excluding carboxylic acids is 1. The molecule has 1 N–H and O–H groups in total. The lowest BCUT2D eigenvalue weighted by Crippen LogP contribution is -2.17. The van der Waals surface area contributed by atoms with Crippen LogP contribution in [0.5, 0.6) is 0 Å². The van der Waals surface area contributed by atoms with E-state index in [9.17, 15) is 9.18 Å². The minimum Gasteiger partial charge on any atom is -0.363 e. The Labute approximate surface area is 177 Å². The van der Waals surface area contributed by atoms with E-state index < -0.39 is 0 Å². The van der Waals surface area contributed by atoms with Crippen molar-refractivity contribution in [2.75, 3.05) is 5.32 Å². The van der Waals surface area contributed by atoms with Crippen LogP contribution in [0.1, 0.15) is 34.6 Å². The van der Waals surface area contributed by atoms with Crippen LogP contribution in [0, 0.1) is 5.82 Å². The summed E-state index contributed by atoms with van der Waals surface area (Å²) in [7, 11) is 0.